The number of rotatable bonds is 29. The number of methoxy groups -OCH3 is 2. The van der Waals surface area contributed by atoms with Crippen LogP contribution in [0.3, 0.4) is 0 Å². The van der Waals surface area contributed by atoms with Crippen LogP contribution in [-0.4, -0.2) is 157 Å². The van der Waals surface area contributed by atoms with Gasteiger partial charge in [-0.05, 0) is 166 Å². The average molecular weight is 1340 g/mol. The van der Waals surface area contributed by atoms with E-state index in [1.807, 2.05) is 78.9 Å². The van der Waals surface area contributed by atoms with Crippen molar-refractivity contribution in [2.75, 3.05) is 70.3 Å². The van der Waals surface area contributed by atoms with Gasteiger partial charge in [0, 0.05) is 83.2 Å². The van der Waals surface area contributed by atoms with E-state index in [2.05, 4.69) is 42.2 Å². The predicted molar refractivity (Wildman–Crippen MR) is 357 cm³/mol. The van der Waals surface area contributed by atoms with E-state index in [0.29, 0.717) is 92.9 Å². The number of benzene rings is 5. The molecule has 7 aromatic rings. The number of fused-ring (bicyclic) bond motifs is 8. The number of anilines is 1. The molecule has 2 aromatic heterocycles. The van der Waals surface area contributed by atoms with Gasteiger partial charge >= 0.3 is 30.3 Å². The maximum absolute atomic E-state index is 14.1. The lowest BCUT2D eigenvalue weighted by Gasteiger charge is -2.36. The molecule has 6 amide bonds. The first-order valence-corrected chi connectivity index (χ1v) is 33.3. The van der Waals surface area contributed by atoms with Crippen molar-refractivity contribution >= 4 is 92.9 Å². The first-order chi connectivity index (χ1) is 46.0. The molecule has 2 fully saturated rings. The Morgan fingerprint density at radius 3 is 1.66 bits per heavy atom. The van der Waals surface area contributed by atoms with E-state index in [4.69, 9.17) is 51.6 Å². The number of aromatic nitrogens is 2. The summed E-state index contributed by atoms with van der Waals surface area (Å²) in [7, 11) is 2.91. The molecule has 2 saturated heterocycles. The number of H-pyrrole nitrogens is 2. The molecule has 11 rings (SSSR count). The summed E-state index contributed by atoms with van der Waals surface area (Å²) in [6.45, 7) is 5.61. The molecule has 25 heteroatoms. The number of ether oxygens (including phenoxy) is 6. The number of alkyl halides is 2. The fraction of sp³-hybridized carbons (Fsp3) is 0.414. The van der Waals surface area contributed by atoms with Gasteiger partial charge in [-0.15, -0.1) is 23.2 Å². The number of unbranched alkanes of at least 4 members (excludes halogenated alkanes) is 2. The molecule has 0 spiro atoms. The number of nitrogens with one attached hydrogen (secondary N) is 6. The normalized spacial score (nSPS) is 17.5. The van der Waals surface area contributed by atoms with Crippen molar-refractivity contribution in [3.8, 4) is 23.0 Å². The van der Waals surface area contributed by atoms with Crippen LogP contribution in [0.1, 0.15) is 114 Å². The molecule has 502 valence electrons. The minimum absolute atomic E-state index is 0.0896. The Morgan fingerprint density at radius 2 is 1.15 bits per heavy atom. The van der Waals surface area contributed by atoms with E-state index >= 15 is 0 Å². The van der Waals surface area contributed by atoms with Crippen LogP contribution in [0.4, 0.5) is 24.9 Å². The van der Waals surface area contributed by atoms with Crippen molar-refractivity contribution in [1.82, 2.24) is 41.0 Å². The summed E-state index contributed by atoms with van der Waals surface area (Å²) in [5.41, 5.74) is 10.4. The number of nitrogens with zero attached hydrogens (tertiary/aromatic N) is 3. The average Bonchev–Trinajstić information content (AvgIpc) is 1.57. The van der Waals surface area contributed by atoms with Gasteiger partial charge in [0.1, 0.15) is 37.4 Å². The summed E-state index contributed by atoms with van der Waals surface area (Å²) >= 11 is 12.0. The molecule has 7 N–H and O–H groups in total. The molecule has 23 nitrogen and oxygen atoms in total. The minimum atomic E-state index is -1.18. The zero-order chi connectivity index (χ0) is 66.9. The van der Waals surface area contributed by atoms with Crippen molar-refractivity contribution in [3.05, 3.63) is 147 Å². The summed E-state index contributed by atoms with van der Waals surface area (Å²) in [5, 5.41) is 23.2. The molecule has 6 atom stereocenters. The fourth-order valence-electron chi connectivity index (χ4n) is 13.6. The third-order valence-corrected chi connectivity index (χ3v) is 18.5. The van der Waals surface area contributed by atoms with Gasteiger partial charge in [0.25, 0.3) is 0 Å². The Hall–Kier alpha value is -9.35. The van der Waals surface area contributed by atoms with Crippen LogP contribution >= 0.6 is 23.2 Å². The van der Waals surface area contributed by atoms with Gasteiger partial charge < -0.3 is 69.7 Å². The van der Waals surface area contributed by atoms with E-state index in [9.17, 15) is 38.7 Å². The number of carboxylic acid groups (broad SMARTS) is 1. The maximum atomic E-state index is 14.1. The second-order valence-electron chi connectivity index (χ2n) is 24.4. The number of para-hydroxylation sites is 2. The number of halogens is 2. The summed E-state index contributed by atoms with van der Waals surface area (Å²) in [4.78, 5) is 106. The number of aryl methyl sites for hydroxylation is 3. The molecule has 4 aliphatic rings. The number of carbonyl (C=O) groups is 7. The molecule has 0 bridgehead atoms. The second-order valence-corrected chi connectivity index (χ2v) is 25.1. The molecule has 1 unspecified atom stereocenters. The lowest BCUT2D eigenvalue weighted by Crippen LogP contribution is -2.48. The van der Waals surface area contributed by atoms with Crippen molar-refractivity contribution < 1.29 is 67.1 Å². The molecule has 5 aromatic carbocycles. The third-order valence-electron chi connectivity index (χ3n) is 18.2. The first-order valence-electron chi connectivity index (χ1n) is 32.2. The number of aliphatic carboxylic acids is 1. The van der Waals surface area contributed by atoms with Gasteiger partial charge in [0.05, 0.1) is 26.3 Å². The zero-order valence-electron chi connectivity index (χ0n) is 53.5. The molecule has 6 heterocycles. The Morgan fingerprint density at radius 1 is 0.642 bits per heavy atom. The first kappa shape index (κ1) is 67.1. The highest BCUT2D eigenvalue weighted by atomic mass is 35.5. The monoisotopic (exact) mass is 1340 g/mol. The summed E-state index contributed by atoms with van der Waals surface area (Å²) in [6.07, 6.45) is 1.51. The molecule has 0 radical (unpaired) electrons. The SMILES string of the molecule is COc1cc([C@@H]2c3[nH]c4ccccc4c3CC3COC(=O)N32)cc(C)c1OC(=O)NCCCC[C@H](NC(=O)Oc1c(C)cc([C@@H]2c3[nH]c4ccccc4c3C[C@H]3COC(=O)N32)cc1OC)C(=O)NCCCC[C@H](NC(=O)CCCc1ccc(N(CCCl)CCCl)cc1)C(=O)O. The number of carbonyl (C=O) groups excluding carboxylic acids is 6. The zero-order valence-corrected chi connectivity index (χ0v) is 55.0. The Labute approximate surface area is 559 Å². The molecular formula is C70H79Cl2N9O14. The van der Waals surface area contributed by atoms with Crippen LogP contribution in [0.15, 0.2) is 97.1 Å². The highest BCUT2D eigenvalue weighted by Crippen LogP contribution is 2.48. The second kappa shape index (κ2) is 30.4. The highest BCUT2D eigenvalue weighted by Gasteiger charge is 2.47. The lowest BCUT2D eigenvalue weighted by molar-refractivity contribution is -0.142. The van der Waals surface area contributed by atoms with Crippen LogP contribution in [0, 0.1) is 13.8 Å². The molecule has 95 heavy (non-hydrogen) atoms. The van der Waals surface area contributed by atoms with Crippen molar-refractivity contribution in [3.63, 3.8) is 0 Å². The lowest BCUT2D eigenvalue weighted by atomic mass is 9.88. The number of cyclic esters (lactones) is 2. The van der Waals surface area contributed by atoms with Gasteiger partial charge in [-0.3, -0.25) is 19.4 Å². The largest absolute Gasteiger partial charge is 0.493 e. The molecular weight excluding hydrogens is 1260 g/mol. The Balaban J connectivity index is 0.718. The van der Waals surface area contributed by atoms with Crippen molar-refractivity contribution in [2.45, 2.75) is 121 Å². The number of hydrogen-bond acceptors (Lipinski definition) is 14. The van der Waals surface area contributed by atoms with Gasteiger partial charge in [-0.25, -0.2) is 24.0 Å². The number of carboxylic acids is 1. The molecule has 0 saturated carbocycles. The van der Waals surface area contributed by atoms with Crippen LogP contribution in [0.5, 0.6) is 23.0 Å². The van der Waals surface area contributed by atoms with Crippen molar-refractivity contribution in [1.29, 1.82) is 0 Å². The highest BCUT2D eigenvalue weighted by molar-refractivity contribution is 6.18. The summed E-state index contributed by atoms with van der Waals surface area (Å²) < 4.78 is 34.6. The van der Waals surface area contributed by atoms with Gasteiger partial charge in [-0.2, -0.15) is 0 Å². The third kappa shape index (κ3) is 15.0. The summed E-state index contributed by atoms with van der Waals surface area (Å²) in [5.74, 6) is -0.398. The van der Waals surface area contributed by atoms with E-state index in [0.717, 1.165) is 61.1 Å². The quantitative estimate of drug-likeness (QED) is 0.0170. The smallest absolute Gasteiger partial charge is 0.413 e. The molecule has 4 aliphatic heterocycles. The van der Waals surface area contributed by atoms with E-state index in [-0.39, 0.29) is 86.6 Å². The van der Waals surface area contributed by atoms with Gasteiger partial charge in [-0.1, -0.05) is 48.5 Å². The van der Waals surface area contributed by atoms with Crippen LogP contribution in [-0.2, 0) is 43.1 Å². The van der Waals surface area contributed by atoms with Crippen molar-refractivity contribution in [2.24, 2.45) is 0 Å². The number of amides is 6. The van der Waals surface area contributed by atoms with E-state index in [1.54, 1.807) is 35.8 Å². The van der Waals surface area contributed by atoms with Gasteiger partial charge in [0.15, 0.2) is 23.0 Å². The van der Waals surface area contributed by atoms with E-state index < -0.39 is 60.4 Å². The van der Waals surface area contributed by atoms with E-state index in [1.165, 1.54) is 14.2 Å². The standard InChI is InChI=1S/C70H79Cl2N9O14/c1-40-32-43(61-59-50(36-46-38-92-69(88)80(46)61)48-15-5-7-17-52(48)76-59)34-56(90-3)63(40)94-67(86)74-29-12-9-19-54(65(83)73-28-11-10-20-55(66(84)85)75-58(82)21-13-14-42-22-24-45(25-23-42)79(30-26-71)31-27-72)78-68(87)95-64-41(2)33-44(35-57(64)91-4)62-60-51(37-47-39-93-70(89)81(47)62)49-16-6-8-18-53(49)77-60/h5-8,15-18,22-25,32-35,46-47,54-55,61-62,76-77H,9-14,19-21,26-31,36-39H2,1-4H3,(H,73,83)(H,74,86)(H,75,82)(H,78,87)(H,84,85)/t46?,47-,54-,55-,61+,62+/m0/s1. The topological polar surface area (TPSA) is 285 Å². The Bertz CT molecular complexity index is 3980. The maximum Gasteiger partial charge on any atom is 0.413 e. The summed E-state index contributed by atoms with van der Waals surface area (Å²) in [6, 6.07) is 27.4. The van der Waals surface area contributed by atoms with Crippen LogP contribution in [0.2, 0.25) is 0 Å². The number of aromatic amines is 2. The molecule has 0 aliphatic carbocycles. The number of hydrogen-bond donors (Lipinski definition) is 7. The predicted octanol–water partition coefficient (Wildman–Crippen LogP) is 10.8. The van der Waals surface area contributed by atoms with Gasteiger partial charge in [0.2, 0.25) is 11.8 Å². The van der Waals surface area contributed by atoms with Crippen LogP contribution < -0.4 is 45.1 Å². The fourth-order valence-corrected chi connectivity index (χ4v) is 14.0. The minimum Gasteiger partial charge on any atom is -0.493 e. The Kier molecular flexibility index (Phi) is 21.4. The van der Waals surface area contributed by atoms with Crippen LogP contribution in [0.25, 0.3) is 21.8 Å².